The van der Waals surface area contributed by atoms with E-state index in [0.717, 1.165) is 11.3 Å². The number of benzene rings is 2. The Hall–Kier alpha value is -3.33. The van der Waals surface area contributed by atoms with Gasteiger partial charge in [0.15, 0.2) is 6.61 Å². The standard InChI is InChI=1S/C17H13N3O3/c1-21-14-7-5-13(6-8-14)17-20-19-16(23-17)11-22-15-4-2-3-12(9-15)10-18/h2-9H,11H2,1H3. The van der Waals surface area contributed by atoms with Crippen molar-refractivity contribution in [3.05, 3.63) is 60.0 Å². The van der Waals surface area contributed by atoms with E-state index in [9.17, 15) is 0 Å². The van der Waals surface area contributed by atoms with E-state index in [2.05, 4.69) is 16.3 Å². The van der Waals surface area contributed by atoms with E-state index >= 15 is 0 Å². The Balaban J connectivity index is 1.68. The molecular formula is C17H13N3O3. The molecule has 0 fully saturated rings. The summed E-state index contributed by atoms with van der Waals surface area (Å²) in [5.74, 6) is 2.11. The second-order valence-corrected chi connectivity index (χ2v) is 4.66. The molecule has 3 rings (SSSR count). The maximum Gasteiger partial charge on any atom is 0.254 e. The molecule has 114 valence electrons. The Kier molecular flexibility index (Phi) is 4.20. The van der Waals surface area contributed by atoms with Gasteiger partial charge in [-0.15, -0.1) is 10.2 Å². The van der Waals surface area contributed by atoms with E-state index in [1.165, 1.54) is 0 Å². The highest BCUT2D eigenvalue weighted by Crippen LogP contribution is 2.21. The number of hydrogen-bond donors (Lipinski definition) is 0. The van der Waals surface area contributed by atoms with E-state index < -0.39 is 0 Å². The van der Waals surface area contributed by atoms with Crippen molar-refractivity contribution in [2.24, 2.45) is 0 Å². The minimum Gasteiger partial charge on any atom is -0.497 e. The first-order valence-corrected chi connectivity index (χ1v) is 6.88. The van der Waals surface area contributed by atoms with Gasteiger partial charge in [0, 0.05) is 5.56 Å². The Labute approximate surface area is 132 Å². The van der Waals surface area contributed by atoms with Crippen LogP contribution in [-0.2, 0) is 6.61 Å². The number of ether oxygens (including phenoxy) is 2. The van der Waals surface area contributed by atoms with Gasteiger partial charge < -0.3 is 13.9 Å². The monoisotopic (exact) mass is 307 g/mol. The zero-order valence-electron chi connectivity index (χ0n) is 12.4. The minimum atomic E-state index is 0.137. The van der Waals surface area contributed by atoms with Crippen LogP contribution >= 0.6 is 0 Å². The van der Waals surface area contributed by atoms with Crippen LogP contribution in [0.3, 0.4) is 0 Å². The third-order valence-electron chi connectivity index (χ3n) is 3.13. The summed E-state index contributed by atoms with van der Waals surface area (Å²) in [6.45, 7) is 0.137. The third-order valence-corrected chi connectivity index (χ3v) is 3.13. The lowest BCUT2D eigenvalue weighted by atomic mass is 10.2. The molecule has 0 bridgehead atoms. The molecule has 0 N–H and O–H groups in total. The van der Waals surface area contributed by atoms with Gasteiger partial charge >= 0.3 is 0 Å². The molecule has 0 saturated heterocycles. The van der Waals surface area contributed by atoms with Crippen molar-refractivity contribution in [1.82, 2.24) is 10.2 Å². The SMILES string of the molecule is COc1ccc(-c2nnc(COc3cccc(C#N)c3)o2)cc1. The van der Waals surface area contributed by atoms with E-state index in [1.807, 2.05) is 24.3 Å². The molecule has 23 heavy (non-hydrogen) atoms. The van der Waals surface area contributed by atoms with Crippen LogP contribution in [0.5, 0.6) is 11.5 Å². The number of methoxy groups -OCH3 is 1. The molecule has 0 radical (unpaired) electrons. The molecule has 0 aliphatic heterocycles. The first-order chi connectivity index (χ1) is 11.3. The molecular weight excluding hydrogens is 294 g/mol. The Morgan fingerprint density at radius 2 is 1.91 bits per heavy atom. The van der Waals surface area contributed by atoms with Gasteiger partial charge in [-0.1, -0.05) is 6.07 Å². The van der Waals surface area contributed by atoms with Gasteiger partial charge in [0.05, 0.1) is 18.7 Å². The van der Waals surface area contributed by atoms with Crippen molar-refractivity contribution in [1.29, 1.82) is 5.26 Å². The molecule has 3 aromatic rings. The van der Waals surface area contributed by atoms with Gasteiger partial charge in [0.25, 0.3) is 5.89 Å². The first-order valence-electron chi connectivity index (χ1n) is 6.88. The molecule has 0 aliphatic carbocycles. The Morgan fingerprint density at radius 3 is 2.65 bits per heavy atom. The van der Waals surface area contributed by atoms with Gasteiger partial charge in [-0.3, -0.25) is 0 Å². The molecule has 0 aliphatic rings. The zero-order chi connectivity index (χ0) is 16.1. The van der Waals surface area contributed by atoms with E-state index in [0.29, 0.717) is 23.1 Å². The Bertz CT molecular complexity index is 835. The van der Waals surface area contributed by atoms with Crippen molar-refractivity contribution in [2.75, 3.05) is 7.11 Å². The molecule has 0 unspecified atom stereocenters. The molecule has 0 atom stereocenters. The van der Waals surface area contributed by atoms with E-state index in [-0.39, 0.29) is 6.61 Å². The molecule has 6 nitrogen and oxygen atoms in total. The maximum absolute atomic E-state index is 8.86. The summed E-state index contributed by atoms with van der Waals surface area (Å²) in [7, 11) is 1.61. The fourth-order valence-electron chi connectivity index (χ4n) is 1.96. The number of nitriles is 1. The molecule has 1 heterocycles. The third kappa shape index (κ3) is 3.47. The lowest BCUT2D eigenvalue weighted by Gasteiger charge is -2.02. The largest absolute Gasteiger partial charge is 0.497 e. The molecule has 1 aromatic heterocycles. The number of hydrogen-bond acceptors (Lipinski definition) is 6. The van der Waals surface area contributed by atoms with Crippen LogP contribution < -0.4 is 9.47 Å². The van der Waals surface area contributed by atoms with E-state index in [1.54, 1.807) is 31.4 Å². The predicted octanol–water partition coefficient (Wildman–Crippen LogP) is 3.20. The normalized spacial score (nSPS) is 10.1. The van der Waals surface area contributed by atoms with Crippen LogP contribution in [0.15, 0.2) is 52.9 Å². The number of aromatic nitrogens is 2. The van der Waals surface area contributed by atoms with Crippen molar-refractivity contribution < 1.29 is 13.9 Å². The van der Waals surface area contributed by atoms with Crippen molar-refractivity contribution in [3.8, 4) is 29.0 Å². The lowest BCUT2D eigenvalue weighted by molar-refractivity contribution is 0.264. The summed E-state index contributed by atoms with van der Waals surface area (Å²) >= 11 is 0. The van der Waals surface area contributed by atoms with Gasteiger partial charge in [-0.25, -0.2) is 0 Å². The van der Waals surface area contributed by atoms with Crippen molar-refractivity contribution in [3.63, 3.8) is 0 Å². The second-order valence-electron chi connectivity index (χ2n) is 4.66. The fraction of sp³-hybridized carbons (Fsp3) is 0.118. The van der Waals surface area contributed by atoms with Crippen molar-refractivity contribution in [2.45, 2.75) is 6.61 Å². The first kappa shape index (κ1) is 14.6. The second kappa shape index (κ2) is 6.62. The zero-order valence-corrected chi connectivity index (χ0v) is 12.4. The van der Waals surface area contributed by atoms with Gasteiger partial charge in [0.2, 0.25) is 5.89 Å². The van der Waals surface area contributed by atoms with E-state index in [4.69, 9.17) is 19.2 Å². The van der Waals surface area contributed by atoms with Gasteiger partial charge in [-0.2, -0.15) is 5.26 Å². The quantitative estimate of drug-likeness (QED) is 0.720. The maximum atomic E-state index is 8.86. The number of nitrogens with zero attached hydrogens (tertiary/aromatic N) is 3. The highest BCUT2D eigenvalue weighted by molar-refractivity contribution is 5.53. The molecule has 0 spiro atoms. The number of rotatable bonds is 5. The molecule has 6 heteroatoms. The van der Waals surface area contributed by atoms with Crippen LogP contribution in [0.4, 0.5) is 0 Å². The lowest BCUT2D eigenvalue weighted by Crippen LogP contribution is -1.95. The average Bonchev–Trinajstić information content (AvgIpc) is 3.09. The van der Waals surface area contributed by atoms with Crippen LogP contribution in [0.25, 0.3) is 11.5 Å². The topological polar surface area (TPSA) is 81.2 Å². The summed E-state index contributed by atoms with van der Waals surface area (Å²) in [6.07, 6.45) is 0. The molecule has 0 saturated carbocycles. The van der Waals surface area contributed by atoms with Gasteiger partial charge in [-0.05, 0) is 42.5 Å². The van der Waals surface area contributed by atoms with Crippen molar-refractivity contribution >= 4 is 0 Å². The highest BCUT2D eigenvalue weighted by Gasteiger charge is 2.09. The molecule has 2 aromatic carbocycles. The summed E-state index contributed by atoms with van der Waals surface area (Å²) in [5, 5.41) is 16.8. The minimum absolute atomic E-state index is 0.137. The van der Waals surface area contributed by atoms with Crippen LogP contribution in [0.1, 0.15) is 11.5 Å². The predicted molar refractivity (Wildman–Crippen MR) is 81.8 cm³/mol. The molecule has 0 amide bonds. The summed E-state index contributed by atoms with van der Waals surface area (Å²) in [6, 6.07) is 16.3. The smallest absolute Gasteiger partial charge is 0.254 e. The Morgan fingerprint density at radius 1 is 1.09 bits per heavy atom. The fourth-order valence-corrected chi connectivity index (χ4v) is 1.96. The summed E-state index contributed by atoms with van der Waals surface area (Å²) in [4.78, 5) is 0. The van der Waals surface area contributed by atoms with Crippen LogP contribution in [0.2, 0.25) is 0 Å². The van der Waals surface area contributed by atoms with Crippen LogP contribution in [0, 0.1) is 11.3 Å². The highest BCUT2D eigenvalue weighted by atomic mass is 16.5. The summed E-state index contributed by atoms with van der Waals surface area (Å²) < 4.78 is 16.2. The average molecular weight is 307 g/mol. The van der Waals surface area contributed by atoms with Gasteiger partial charge in [0.1, 0.15) is 11.5 Å². The summed E-state index contributed by atoms with van der Waals surface area (Å²) in [5.41, 5.74) is 1.34. The van der Waals surface area contributed by atoms with Crippen LogP contribution in [-0.4, -0.2) is 17.3 Å².